The number of pyridine rings is 1. The van der Waals surface area contributed by atoms with E-state index < -0.39 is 21.7 Å². The van der Waals surface area contributed by atoms with E-state index >= 15 is 0 Å². The Labute approximate surface area is 178 Å². The molecule has 0 atom stereocenters. The molecule has 164 valence electrons. The summed E-state index contributed by atoms with van der Waals surface area (Å²) in [5.41, 5.74) is 0.437. The van der Waals surface area contributed by atoms with Gasteiger partial charge in [-0.3, -0.25) is 4.98 Å². The number of sulfonamides is 1. The number of methoxy groups -OCH3 is 2. The molecule has 0 bridgehead atoms. The van der Waals surface area contributed by atoms with Gasteiger partial charge in [0.1, 0.15) is 33.5 Å². The Hall–Kier alpha value is -2.98. The quantitative estimate of drug-likeness (QED) is 0.596. The summed E-state index contributed by atoms with van der Waals surface area (Å²) in [6.07, 6.45) is 1.42. The summed E-state index contributed by atoms with van der Waals surface area (Å²) < 4.78 is 66.8. The average molecular weight is 449 g/mol. The molecule has 0 spiro atoms. The number of halogens is 2. The number of piperazine rings is 1. The van der Waals surface area contributed by atoms with Crippen LogP contribution in [0, 0.1) is 11.6 Å². The first-order valence-corrected chi connectivity index (χ1v) is 11.0. The van der Waals surface area contributed by atoms with Crippen molar-refractivity contribution in [3.8, 4) is 11.5 Å². The fourth-order valence-electron chi connectivity index (χ4n) is 3.73. The van der Waals surface area contributed by atoms with Crippen LogP contribution < -0.4 is 14.4 Å². The molecule has 0 radical (unpaired) electrons. The van der Waals surface area contributed by atoms with Gasteiger partial charge in [0.05, 0.1) is 25.3 Å². The molecule has 31 heavy (non-hydrogen) atoms. The van der Waals surface area contributed by atoms with Gasteiger partial charge in [-0.1, -0.05) is 0 Å². The fourth-order valence-corrected chi connectivity index (χ4v) is 5.33. The maximum atomic E-state index is 14.5. The van der Waals surface area contributed by atoms with Crippen LogP contribution >= 0.6 is 0 Å². The number of hydrogen-bond donors (Lipinski definition) is 0. The summed E-state index contributed by atoms with van der Waals surface area (Å²) in [5.74, 6) is -0.556. The molecule has 10 heteroatoms. The Morgan fingerprint density at radius 3 is 2.32 bits per heavy atom. The highest BCUT2D eigenvalue weighted by Crippen LogP contribution is 2.33. The van der Waals surface area contributed by atoms with Crippen molar-refractivity contribution in [1.29, 1.82) is 0 Å². The standard InChI is InChI=1S/C21H21F2N3O4S/c1-29-14-3-6-18(30-2)19(13-14)31(27,28)26-11-9-25(10-12-26)17-7-8-24-21-16(23)5-4-15(22)20(17)21/h3-8,13H,9-12H2,1-2H3. The SMILES string of the molecule is COc1ccc(OC)c(S(=O)(=O)N2CCN(c3ccnc4c(F)ccc(F)c34)CC2)c1. The summed E-state index contributed by atoms with van der Waals surface area (Å²) >= 11 is 0. The van der Waals surface area contributed by atoms with Gasteiger partial charge in [-0.05, 0) is 30.3 Å². The van der Waals surface area contributed by atoms with Crippen molar-refractivity contribution in [3.05, 3.63) is 54.2 Å². The molecule has 3 aromatic rings. The monoisotopic (exact) mass is 449 g/mol. The van der Waals surface area contributed by atoms with Gasteiger partial charge in [0.2, 0.25) is 10.0 Å². The van der Waals surface area contributed by atoms with Crippen LogP contribution in [-0.2, 0) is 10.0 Å². The molecule has 0 aliphatic carbocycles. The minimum atomic E-state index is -3.85. The minimum Gasteiger partial charge on any atom is -0.497 e. The Kier molecular flexibility index (Phi) is 5.67. The van der Waals surface area contributed by atoms with Gasteiger partial charge in [0.15, 0.2) is 0 Å². The van der Waals surface area contributed by atoms with Crippen LogP contribution in [0.15, 0.2) is 47.5 Å². The molecule has 1 aliphatic heterocycles. The van der Waals surface area contributed by atoms with Gasteiger partial charge in [0, 0.05) is 38.4 Å². The van der Waals surface area contributed by atoms with E-state index in [-0.39, 0.29) is 34.6 Å². The summed E-state index contributed by atoms with van der Waals surface area (Å²) in [6.45, 7) is 0.952. The highest BCUT2D eigenvalue weighted by molar-refractivity contribution is 7.89. The molecule has 0 unspecified atom stereocenters. The second kappa shape index (κ2) is 8.27. The lowest BCUT2D eigenvalue weighted by atomic mass is 10.1. The number of benzene rings is 2. The van der Waals surface area contributed by atoms with Crippen LogP contribution in [0.3, 0.4) is 0 Å². The molecule has 1 fully saturated rings. The van der Waals surface area contributed by atoms with Crippen molar-refractivity contribution >= 4 is 26.6 Å². The van der Waals surface area contributed by atoms with Crippen molar-refractivity contribution < 1.29 is 26.7 Å². The molecule has 0 N–H and O–H groups in total. The second-order valence-corrected chi connectivity index (χ2v) is 8.90. The number of nitrogens with zero attached hydrogens (tertiary/aromatic N) is 3. The lowest BCUT2D eigenvalue weighted by molar-refractivity contribution is 0.371. The smallest absolute Gasteiger partial charge is 0.247 e. The van der Waals surface area contributed by atoms with Gasteiger partial charge in [0.25, 0.3) is 0 Å². The maximum absolute atomic E-state index is 14.5. The molecular weight excluding hydrogens is 428 g/mol. The van der Waals surface area contributed by atoms with Crippen molar-refractivity contribution in [1.82, 2.24) is 9.29 Å². The summed E-state index contributed by atoms with van der Waals surface area (Å²) in [4.78, 5) is 5.81. The molecule has 1 aliphatic rings. The molecule has 0 amide bonds. The van der Waals surface area contributed by atoms with Crippen molar-refractivity contribution in [3.63, 3.8) is 0 Å². The Bertz CT molecular complexity index is 1230. The summed E-state index contributed by atoms with van der Waals surface area (Å²) in [6, 6.07) is 8.31. The van der Waals surface area contributed by atoms with E-state index in [4.69, 9.17) is 9.47 Å². The maximum Gasteiger partial charge on any atom is 0.247 e. The molecule has 2 aromatic carbocycles. The zero-order valence-electron chi connectivity index (χ0n) is 17.0. The number of anilines is 1. The van der Waals surface area contributed by atoms with E-state index in [9.17, 15) is 17.2 Å². The third-order valence-corrected chi connectivity index (χ3v) is 7.26. The Balaban J connectivity index is 1.61. The summed E-state index contributed by atoms with van der Waals surface area (Å²) in [5, 5.41) is 0.0910. The molecule has 1 aromatic heterocycles. The van der Waals surface area contributed by atoms with Crippen LogP contribution in [0.2, 0.25) is 0 Å². The number of rotatable bonds is 5. The van der Waals surface area contributed by atoms with Crippen LogP contribution in [0.25, 0.3) is 10.9 Å². The van der Waals surface area contributed by atoms with E-state index in [2.05, 4.69) is 4.98 Å². The van der Waals surface area contributed by atoms with Crippen molar-refractivity contribution in [2.75, 3.05) is 45.3 Å². The zero-order chi connectivity index (χ0) is 22.2. The lowest BCUT2D eigenvalue weighted by Crippen LogP contribution is -2.48. The third-order valence-electron chi connectivity index (χ3n) is 5.34. The van der Waals surface area contributed by atoms with E-state index in [1.165, 1.54) is 30.8 Å². The third kappa shape index (κ3) is 3.77. The van der Waals surface area contributed by atoms with E-state index in [1.54, 1.807) is 18.2 Å². The van der Waals surface area contributed by atoms with Crippen molar-refractivity contribution in [2.45, 2.75) is 4.90 Å². The van der Waals surface area contributed by atoms with E-state index in [0.717, 1.165) is 12.1 Å². The van der Waals surface area contributed by atoms with Crippen LogP contribution in [0.5, 0.6) is 11.5 Å². The Morgan fingerprint density at radius 1 is 0.935 bits per heavy atom. The topological polar surface area (TPSA) is 72.0 Å². The predicted molar refractivity (Wildman–Crippen MR) is 112 cm³/mol. The zero-order valence-corrected chi connectivity index (χ0v) is 17.8. The highest BCUT2D eigenvalue weighted by Gasteiger charge is 2.32. The largest absolute Gasteiger partial charge is 0.497 e. The number of hydrogen-bond acceptors (Lipinski definition) is 6. The molecule has 2 heterocycles. The van der Waals surface area contributed by atoms with Gasteiger partial charge >= 0.3 is 0 Å². The van der Waals surface area contributed by atoms with E-state index in [0.29, 0.717) is 24.5 Å². The fraction of sp³-hybridized carbons (Fsp3) is 0.286. The first-order chi connectivity index (χ1) is 14.9. The minimum absolute atomic E-state index is 0.0188. The van der Waals surface area contributed by atoms with Gasteiger partial charge in [-0.2, -0.15) is 4.31 Å². The lowest BCUT2D eigenvalue weighted by Gasteiger charge is -2.36. The molecule has 7 nitrogen and oxygen atoms in total. The number of ether oxygens (including phenoxy) is 2. The predicted octanol–water partition coefficient (Wildman–Crippen LogP) is 3.04. The molecular formula is C21H21F2N3O4S. The van der Waals surface area contributed by atoms with E-state index in [1.807, 2.05) is 4.90 Å². The molecule has 4 rings (SSSR count). The van der Waals surface area contributed by atoms with Crippen LogP contribution in [0.4, 0.5) is 14.5 Å². The average Bonchev–Trinajstić information content (AvgIpc) is 2.80. The second-order valence-electron chi connectivity index (χ2n) is 6.99. The van der Waals surface area contributed by atoms with Gasteiger partial charge < -0.3 is 14.4 Å². The van der Waals surface area contributed by atoms with Crippen LogP contribution in [-0.4, -0.2) is 58.1 Å². The normalized spacial score (nSPS) is 15.3. The Morgan fingerprint density at radius 2 is 1.65 bits per heavy atom. The van der Waals surface area contributed by atoms with Gasteiger partial charge in [-0.15, -0.1) is 0 Å². The van der Waals surface area contributed by atoms with Gasteiger partial charge in [-0.25, -0.2) is 17.2 Å². The first-order valence-electron chi connectivity index (χ1n) is 9.56. The first kappa shape index (κ1) is 21.3. The summed E-state index contributed by atoms with van der Waals surface area (Å²) in [7, 11) is -0.985. The number of aromatic nitrogens is 1. The van der Waals surface area contributed by atoms with Crippen molar-refractivity contribution in [2.24, 2.45) is 0 Å². The number of fused-ring (bicyclic) bond motifs is 1. The molecule has 0 saturated carbocycles. The van der Waals surface area contributed by atoms with Crippen LogP contribution in [0.1, 0.15) is 0 Å². The molecule has 1 saturated heterocycles. The highest BCUT2D eigenvalue weighted by atomic mass is 32.2.